The maximum absolute atomic E-state index is 12.2. The molecule has 2 fully saturated rings. The SMILES string of the molecule is CN1CCN([C@H](CNC(=O)[C@@H]2CCCO2)c2cccs2)CC1. The minimum atomic E-state index is -0.239. The first kappa shape index (κ1) is 15.9. The van der Waals surface area contributed by atoms with E-state index in [0.717, 1.165) is 39.0 Å². The molecule has 1 N–H and O–H groups in total. The number of hydrogen-bond donors (Lipinski definition) is 1. The minimum Gasteiger partial charge on any atom is -0.368 e. The number of piperazine rings is 1. The standard InChI is InChI=1S/C16H25N3O2S/c1-18-6-8-19(9-7-18)13(15-5-3-11-22-15)12-17-16(20)14-4-2-10-21-14/h3,5,11,13-14H,2,4,6-10,12H2,1H3,(H,17,20)/t13-,14+/m1/s1. The summed E-state index contributed by atoms with van der Waals surface area (Å²) in [6.45, 7) is 5.65. The topological polar surface area (TPSA) is 44.8 Å². The zero-order chi connectivity index (χ0) is 15.4. The van der Waals surface area contributed by atoms with Crippen LogP contribution in [0.15, 0.2) is 17.5 Å². The molecule has 0 radical (unpaired) electrons. The molecule has 5 nitrogen and oxygen atoms in total. The van der Waals surface area contributed by atoms with Crippen molar-refractivity contribution in [2.24, 2.45) is 0 Å². The summed E-state index contributed by atoms with van der Waals surface area (Å²) in [4.78, 5) is 18.4. The number of hydrogen-bond acceptors (Lipinski definition) is 5. The van der Waals surface area contributed by atoms with Gasteiger partial charge in [-0.1, -0.05) is 6.07 Å². The van der Waals surface area contributed by atoms with Crippen molar-refractivity contribution in [3.8, 4) is 0 Å². The molecule has 3 heterocycles. The van der Waals surface area contributed by atoms with Gasteiger partial charge in [0, 0.05) is 44.2 Å². The van der Waals surface area contributed by atoms with Crippen LogP contribution >= 0.6 is 11.3 Å². The Morgan fingerprint density at radius 2 is 2.27 bits per heavy atom. The lowest BCUT2D eigenvalue weighted by molar-refractivity contribution is -0.130. The summed E-state index contributed by atoms with van der Waals surface area (Å²) in [5.74, 6) is 0.0492. The smallest absolute Gasteiger partial charge is 0.249 e. The predicted octanol–water partition coefficient (Wildman–Crippen LogP) is 1.33. The summed E-state index contributed by atoms with van der Waals surface area (Å²) in [5.41, 5.74) is 0. The minimum absolute atomic E-state index is 0.0492. The van der Waals surface area contributed by atoms with E-state index in [1.165, 1.54) is 4.88 Å². The van der Waals surface area contributed by atoms with Crippen LogP contribution in [0.25, 0.3) is 0 Å². The second-order valence-corrected chi connectivity index (χ2v) is 7.10. The average Bonchev–Trinajstić information content (AvgIpc) is 3.22. The van der Waals surface area contributed by atoms with E-state index in [1.807, 2.05) is 0 Å². The molecule has 0 aromatic carbocycles. The lowest BCUT2D eigenvalue weighted by Crippen LogP contribution is -2.49. The van der Waals surface area contributed by atoms with E-state index < -0.39 is 0 Å². The van der Waals surface area contributed by atoms with Crippen LogP contribution in [0, 0.1) is 0 Å². The quantitative estimate of drug-likeness (QED) is 0.888. The molecule has 1 aromatic heterocycles. The fourth-order valence-corrected chi connectivity index (χ4v) is 3.98. The van der Waals surface area contributed by atoms with E-state index in [9.17, 15) is 4.79 Å². The normalized spacial score (nSPS) is 25.2. The molecule has 2 saturated heterocycles. The Bertz CT molecular complexity index is 466. The van der Waals surface area contributed by atoms with E-state index in [0.29, 0.717) is 13.2 Å². The van der Waals surface area contributed by atoms with E-state index in [2.05, 4.69) is 39.7 Å². The van der Waals surface area contributed by atoms with Crippen LogP contribution in [0.1, 0.15) is 23.8 Å². The molecule has 2 atom stereocenters. The van der Waals surface area contributed by atoms with Gasteiger partial charge in [-0.15, -0.1) is 11.3 Å². The number of nitrogens with one attached hydrogen (secondary N) is 1. The maximum Gasteiger partial charge on any atom is 0.249 e. The van der Waals surface area contributed by atoms with E-state index >= 15 is 0 Å². The Morgan fingerprint density at radius 1 is 1.45 bits per heavy atom. The van der Waals surface area contributed by atoms with E-state index in [-0.39, 0.29) is 18.1 Å². The molecule has 6 heteroatoms. The maximum atomic E-state index is 12.2. The predicted molar refractivity (Wildman–Crippen MR) is 88.1 cm³/mol. The molecule has 122 valence electrons. The Kier molecular flexibility index (Phi) is 5.46. The number of amides is 1. The van der Waals surface area contributed by atoms with Crippen LogP contribution in [-0.2, 0) is 9.53 Å². The Balaban J connectivity index is 1.60. The third-order valence-electron chi connectivity index (χ3n) is 4.54. The lowest BCUT2D eigenvalue weighted by atomic mass is 10.1. The molecule has 3 rings (SSSR count). The van der Waals surface area contributed by atoms with Crippen LogP contribution in [0.3, 0.4) is 0 Å². The monoisotopic (exact) mass is 323 g/mol. The summed E-state index contributed by atoms with van der Waals surface area (Å²) < 4.78 is 5.47. The number of ether oxygens (including phenoxy) is 1. The zero-order valence-corrected chi connectivity index (χ0v) is 14.0. The highest BCUT2D eigenvalue weighted by Gasteiger charge is 2.28. The molecule has 22 heavy (non-hydrogen) atoms. The summed E-state index contributed by atoms with van der Waals surface area (Å²) in [7, 11) is 2.16. The molecule has 0 spiro atoms. The second-order valence-electron chi connectivity index (χ2n) is 6.12. The first-order valence-electron chi connectivity index (χ1n) is 8.09. The number of nitrogens with zero attached hydrogens (tertiary/aromatic N) is 2. The molecular formula is C16H25N3O2S. The zero-order valence-electron chi connectivity index (χ0n) is 13.2. The Hall–Kier alpha value is -0.950. The van der Waals surface area contributed by atoms with Gasteiger partial charge in [0.15, 0.2) is 0 Å². The summed E-state index contributed by atoms with van der Waals surface area (Å²) in [6, 6.07) is 4.54. The van der Waals surface area contributed by atoms with Crippen LogP contribution in [0.5, 0.6) is 0 Å². The molecule has 2 aliphatic heterocycles. The van der Waals surface area contributed by atoms with Crippen LogP contribution in [0.4, 0.5) is 0 Å². The number of carbonyl (C=O) groups is 1. The van der Waals surface area contributed by atoms with Crippen molar-refractivity contribution in [2.45, 2.75) is 25.0 Å². The number of rotatable bonds is 5. The molecule has 0 aliphatic carbocycles. The molecule has 1 aromatic rings. The van der Waals surface area contributed by atoms with Crippen LogP contribution in [-0.4, -0.2) is 68.2 Å². The largest absolute Gasteiger partial charge is 0.368 e. The fourth-order valence-electron chi connectivity index (χ4n) is 3.12. The number of likely N-dealkylation sites (N-methyl/N-ethyl adjacent to an activating group) is 1. The molecule has 0 saturated carbocycles. The van der Waals surface area contributed by atoms with Crippen LogP contribution < -0.4 is 5.32 Å². The number of thiophene rings is 1. The molecule has 2 aliphatic rings. The first-order chi connectivity index (χ1) is 10.7. The van der Waals surface area contributed by atoms with Gasteiger partial charge in [-0.05, 0) is 31.3 Å². The summed E-state index contributed by atoms with van der Waals surface area (Å²) >= 11 is 1.77. The van der Waals surface area contributed by atoms with Gasteiger partial charge in [-0.25, -0.2) is 0 Å². The Labute approximate surface area is 136 Å². The van der Waals surface area contributed by atoms with Gasteiger partial charge in [0.1, 0.15) is 6.10 Å². The highest BCUT2D eigenvalue weighted by molar-refractivity contribution is 7.10. The second kappa shape index (κ2) is 7.55. The Morgan fingerprint density at radius 3 is 2.91 bits per heavy atom. The summed E-state index contributed by atoms with van der Waals surface area (Å²) in [6.07, 6.45) is 1.60. The van der Waals surface area contributed by atoms with Gasteiger partial charge in [-0.2, -0.15) is 0 Å². The van der Waals surface area contributed by atoms with Gasteiger partial charge in [0.05, 0.1) is 6.04 Å². The number of carbonyl (C=O) groups excluding carboxylic acids is 1. The third-order valence-corrected chi connectivity index (χ3v) is 5.52. The van der Waals surface area contributed by atoms with Gasteiger partial charge in [-0.3, -0.25) is 9.69 Å². The van der Waals surface area contributed by atoms with Crippen molar-refractivity contribution in [3.05, 3.63) is 22.4 Å². The molecule has 1 amide bonds. The van der Waals surface area contributed by atoms with E-state index in [4.69, 9.17) is 4.74 Å². The van der Waals surface area contributed by atoms with E-state index in [1.54, 1.807) is 11.3 Å². The van der Waals surface area contributed by atoms with Crippen molar-refractivity contribution in [1.29, 1.82) is 0 Å². The van der Waals surface area contributed by atoms with Crippen molar-refractivity contribution < 1.29 is 9.53 Å². The highest BCUT2D eigenvalue weighted by Crippen LogP contribution is 2.25. The average molecular weight is 323 g/mol. The van der Waals surface area contributed by atoms with Crippen molar-refractivity contribution in [1.82, 2.24) is 15.1 Å². The molecular weight excluding hydrogens is 298 g/mol. The highest BCUT2D eigenvalue weighted by atomic mass is 32.1. The van der Waals surface area contributed by atoms with Crippen molar-refractivity contribution in [3.63, 3.8) is 0 Å². The fraction of sp³-hybridized carbons (Fsp3) is 0.688. The van der Waals surface area contributed by atoms with Gasteiger partial charge >= 0.3 is 0 Å². The van der Waals surface area contributed by atoms with Gasteiger partial charge in [0.2, 0.25) is 5.91 Å². The first-order valence-corrected chi connectivity index (χ1v) is 8.97. The molecule has 0 unspecified atom stereocenters. The van der Waals surface area contributed by atoms with Gasteiger partial charge < -0.3 is 15.0 Å². The molecule has 0 bridgehead atoms. The summed E-state index contributed by atoms with van der Waals surface area (Å²) in [5, 5.41) is 5.22. The third kappa shape index (κ3) is 3.87. The van der Waals surface area contributed by atoms with Crippen molar-refractivity contribution >= 4 is 17.2 Å². The van der Waals surface area contributed by atoms with Crippen molar-refractivity contribution in [2.75, 3.05) is 46.4 Å². The van der Waals surface area contributed by atoms with Crippen LogP contribution in [0.2, 0.25) is 0 Å². The lowest BCUT2D eigenvalue weighted by Gasteiger charge is -2.37. The van der Waals surface area contributed by atoms with Gasteiger partial charge in [0.25, 0.3) is 0 Å².